The number of halogens is 1. The lowest BCUT2D eigenvalue weighted by atomic mass is 10.0. The highest BCUT2D eigenvalue weighted by molar-refractivity contribution is 6.32. The number of benzene rings is 2. The van der Waals surface area contributed by atoms with Crippen molar-refractivity contribution in [3.8, 4) is 17.0 Å². The molecule has 2 aromatic carbocycles. The van der Waals surface area contributed by atoms with Crippen LogP contribution in [0.2, 0.25) is 5.15 Å². The van der Waals surface area contributed by atoms with E-state index in [4.69, 9.17) is 16.3 Å². The average molecular weight is 367 g/mol. The van der Waals surface area contributed by atoms with Gasteiger partial charge in [-0.1, -0.05) is 35.9 Å². The standard InChI is InChI=1S/C20H15ClN2O3/c1-2-26-20(25)16-14-10-15(24)11-6-3-4-7-12(11)17(14)23-18(16)13-8-5-9-22-19(13)21/h3-10,23-24H,2H2,1H3. The van der Waals surface area contributed by atoms with E-state index < -0.39 is 5.97 Å². The lowest BCUT2D eigenvalue weighted by Crippen LogP contribution is -2.05. The van der Waals surface area contributed by atoms with Gasteiger partial charge < -0.3 is 14.8 Å². The SMILES string of the molecule is CCOC(=O)c1c(-c2cccnc2Cl)[nH]c2c1cc(O)c1ccccc12. The van der Waals surface area contributed by atoms with Crippen LogP contribution in [0, 0.1) is 0 Å². The lowest BCUT2D eigenvalue weighted by molar-refractivity contribution is 0.0529. The van der Waals surface area contributed by atoms with E-state index in [0.717, 1.165) is 10.9 Å². The van der Waals surface area contributed by atoms with Gasteiger partial charge in [0.15, 0.2) is 0 Å². The Morgan fingerprint density at radius 2 is 1.96 bits per heavy atom. The van der Waals surface area contributed by atoms with E-state index in [2.05, 4.69) is 9.97 Å². The molecule has 0 aliphatic rings. The Kier molecular flexibility index (Phi) is 4.01. The molecule has 0 amide bonds. The summed E-state index contributed by atoms with van der Waals surface area (Å²) in [5.74, 6) is -0.384. The topological polar surface area (TPSA) is 75.2 Å². The molecular weight excluding hydrogens is 352 g/mol. The molecule has 130 valence electrons. The second-order valence-electron chi connectivity index (χ2n) is 5.80. The van der Waals surface area contributed by atoms with E-state index in [0.29, 0.717) is 27.6 Å². The van der Waals surface area contributed by atoms with Crippen LogP contribution in [-0.2, 0) is 4.74 Å². The van der Waals surface area contributed by atoms with Gasteiger partial charge in [0.05, 0.1) is 23.4 Å². The Balaban J connectivity index is 2.14. The zero-order valence-corrected chi connectivity index (χ0v) is 14.7. The summed E-state index contributed by atoms with van der Waals surface area (Å²) in [6.07, 6.45) is 1.58. The molecule has 0 atom stereocenters. The number of phenolic OH excluding ortho intramolecular Hbond substituents is 1. The van der Waals surface area contributed by atoms with Crippen LogP contribution in [0.1, 0.15) is 17.3 Å². The molecule has 0 radical (unpaired) electrons. The normalized spacial score (nSPS) is 11.2. The summed E-state index contributed by atoms with van der Waals surface area (Å²) in [5.41, 5.74) is 2.18. The molecule has 4 aromatic rings. The van der Waals surface area contributed by atoms with E-state index in [1.807, 2.05) is 24.3 Å². The number of nitrogens with one attached hydrogen (secondary N) is 1. The maximum absolute atomic E-state index is 12.7. The summed E-state index contributed by atoms with van der Waals surface area (Å²) in [4.78, 5) is 20.1. The van der Waals surface area contributed by atoms with Crippen molar-refractivity contribution in [1.82, 2.24) is 9.97 Å². The third kappa shape index (κ3) is 2.48. The molecule has 2 aromatic heterocycles. The number of rotatable bonds is 3. The fraction of sp³-hybridized carbons (Fsp3) is 0.100. The summed E-state index contributed by atoms with van der Waals surface area (Å²) >= 11 is 6.26. The summed E-state index contributed by atoms with van der Waals surface area (Å²) in [6.45, 7) is 1.99. The van der Waals surface area contributed by atoms with Gasteiger partial charge in [-0.25, -0.2) is 9.78 Å². The third-order valence-corrected chi connectivity index (χ3v) is 4.60. The second-order valence-corrected chi connectivity index (χ2v) is 6.16. The number of aromatic amines is 1. The minimum absolute atomic E-state index is 0.0986. The quantitative estimate of drug-likeness (QED) is 0.398. The van der Waals surface area contributed by atoms with Crippen LogP contribution in [0.4, 0.5) is 0 Å². The van der Waals surface area contributed by atoms with Crippen molar-refractivity contribution in [3.05, 3.63) is 59.4 Å². The molecule has 0 unspecified atom stereocenters. The van der Waals surface area contributed by atoms with Gasteiger partial charge in [-0.15, -0.1) is 0 Å². The van der Waals surface area contributed by atoms with E-state index in [1.165, 1.54) is 0 Å². The summed E-state index contributed by atoms with van der Waals surface area (Å²) in [6, 6.07) is 12.5. The fourth-order valence-electron chi connectivity index (χ4n) is 3.20. The van der Waals surface area contributed by atoms with E-state index >= 15 is 0 Å². The first-order valence-electron chi connectivity index (χ1n) is 8.16. The zero-order chi connectivity index (χ0) is 18.3. The Labute approximate surface area is 154 Å². The molecule has 0 spiro atoms. The Morgan fingerprint density at radius 3 is 2.69 bits per heavy atom. The maximum atomic E-state index is 12.7. The van der Waals surface area contributed by atoms with Crippen LogP contribution in [0.3, 0.4) is 0 Å². The number of H-pyrrole nitrogens is 1. The molecule has 0 aliphatic carbocycles. The highest BCUT2D eigenvalue weighted by Crippen LogP contribution is 2.39. The van der Waals surface area contributed by atoms with Gasteiger partial charge in [0, 0.05) is 27.9 Å². The molecule has 0 saturated heterocycles. The smallest absolute Gasteiger partial charge is 0.340 e. The first kappa shape index (κ1) is 16.4. The number of pyridine rings is 1. The zero-order valence-electron chi connectivity index (χ0n) is 13.9. The van der Waals surface area contributed by atoms with Crippen molar-refractivity contribution in [2.75, 3.05) is 6.61 Å². The lowest BCUT2D eigenvalue weighted by Gasteiger charge is -2.06. The van der Waals surface area contributed by atoms with Gasteiger partial charge in [0.25, 0.3) is 0 Å². The van der Waals surface area contributed by atoms with Crippen LogP contribution < -0.4 is 0 Å². The Hall–Kier alpha value is -3.05. The minimum atomic E-state index is -0.483. The molecular formula is C20H15ClN2O3. The summed E-state index contributed by atoms with van der Waals surface area (Å²) in [5, 5.41) is 12.8. The Bertz CT molecular complexity index is 1150. The van der Waals surface area contributed by atoms with Crippen LogP contribution in [0.5, 0.6) is 5.75 Å². The number of phenols is 1. The maximum Gasteiger partial charge on any atom is 0.340 e. The number of aromatic hydroxyl groups is 1. The monoisotopic (exact) mass is 366 g/mol. The molecule has 0 saturated carbocycles. The van der Waals surface area contributed by atoms with Crippen LogP contribution in [-0.4, -0.2) is 27.7 Å². The summed E-state index contributed by atoms with van der Waals surface area (Å²) in [7, 11) is 0. The van der Waals surface area contributed by atoms with Gasteiger partial charge in [-0.05, 0) is 25.1 Å². The molecule has 0 fully saturated rings. The number of carbonyl (C=O) groups excluding carboxylic acids is 1. The Morgan fingerprint density at radius 1 is 1.19 bits per heavy atom. The van der Waals surface area contributed by atoms with Crippen LogP contribution in [0.15, 0.2) is 48.7 Å². The number of esters is 1. The van der Waals surface area contributed by atoms with Crippen LogP contribution in [0.25, 0.3) is 32.9 Å². The third-order valence-electron chi connectivity index (χ3n) is 4.30. The number of ether oxygens (including phenoxy) is 1. The van der Waals surface area contributed by atoms with Crippen molar-refractivity contribution in [1.29, 1.82) is 0 Å². The second kappa shape index (κ2) is 6.35. The largest absolute Gasteiger partial charge is 0.507 e. The predicted molar refractivity (Wildman–Crippen MR) is 102 cm³/mol. The molecule has 0 bridgehead atoms. The van der Waals surface area contributed by atoms with Gasteiger partial charge in [-0.2, -0.15) is 0 Å². The van der Waals surface area contributed by atoms with Crippen molar-refractivity contribution in [3.63, 3.8) is 0 Å². The van der Waals surface area contributed by atoms with Gasteiger partial charge >= 0.3 is 5.97 Å². The highest BCUT2D eigenvalue weighted by Gasteiger charge is 2.24. The molecule has 6 heteroatoms. The van der Waals surface area contributed by atoms with Crippen molar-refractivity contribution in [2.24, 2.45) is 0 Å². The van der Waals surface area contributed by atoms with Crippen molar-refractivity contribution in [2.45, 2.75) is 6.92 Å². The molecule has 5 nitrogen and oxygen atoms in total. The highest BCUT2D eigenvalue weighted by atomic mass is 35.5. The number of aromatic nitrogens is 2. The first-order chi connectivity index (χ1) is 12.6. The molecule has 26 heavy (non-hydrogen) atoms. The molecule has 0 aliphatic heterocycles. The van der Waals surface area contributed by atoms with Crippen LogP contribution >= 0.6 is 11.6 Å². The number of hydrogen-bond acceptors (Lipinski definition) is 4. The van der Waals surface area contributed by atoms with E-state index in [9.17, 15) is 9.90 Å². The number of hydrogen-bond donors (Lipinski definition) is 2. The van der Waals surface area contributed by atoms with Crippen molar-refractivity contribution < 1.29 is 14.6 Å². The van der Waals surface area contributed by atoms with Gasteiger partial charge in [-0.3, -0.25) is 0 Å². The fourth-order valence-corrected chi connectivity index (χ4v) is 3.41. The van der Waals surface area contributed by atoms with Gasteiger partial charge in [0.2, 0.25) is 0 Å². The first-order valence-corrected chi connectivity index (χ1v) is 8.54. The minimum Gasteiger partial charge on any atom is -0.507 e. The van der Waals surface area contributed by atoms with E-state index in [1.54, 1.807) is 31.3 Å². The summed E-state index contributed by atoms with van der Waals surface area (Å²) < 4.78 is 5.24. The molecule has 2 N–H and O–H groups in total. The average Bonchev–Trinajstić information content (AvgIpc) is 3.02. The number of carbonyl (C=O) groups is 1. The van der Waals surface area contributed by atoms with Gasteiger partial charge in [0.1, 0.15) is 10.9 Å². The number of nitrogens with zero attached hydrogens (tertiary/aromatic N) is 1. The number of fused-ring (bicyclic) bond motifs is 3. The molecule has 2 heterocycles. The predicted octanol–water partition coefficient (Wildman–Crippen LogP) is 4.92. The van der Waals surface area contributed by atoms with Crippen molar-refractivity contribution >= 4 is 39.2 Å². The molecule has 4 rings (SSSR count). The van der Waals surface area contributed by atoms with E-state index in [-0.39, 0.29) is 17.5 Å².